The van der Waals surface area contributed by atoms with E-state index in [-0.39, 0.29) is 0 Å². The first kappa shape index (κ1) is 11.9. The first-order chi connectivity index (χ1) is 8.74. The van der Waals surface area contributed by atoms with Crippen LogP contribution in [0.5, 0.6) is 0 Å². The largest absolute Gasteiger partial charge is 0.250 e. The standard InChI is InChI=1S/C10H8ClN5S2/c1-16-9-6(4-13-16)8(11)14-7(15-9)5-18-10-12-2-3-17-10/h2-4H,5H2,1H3. The molecule has 3 aromatic rings. The van der Waals surface area contributed by atoms with Crippen LogP contribution < -0.4 is 0 Å². The van der Waals surface area contributed by atoms with Crippen molar-refractivity contribution in [3.8, 4) is 0 Å². The Balaban J connectivity index is 1.90. The Kier molecular flexibility index (Phi) is 3.19. The van der Waals surface area contributed by atoms with E-state index in [0.29, 0.717) is 16.7 Å². The van der Waals surface area contributed by atoms with E-state index in [0.717, 1.165) is 15.4 Å². The Bertz CT molecular complexity index is 679. The van der Waals surface area contributed by atoms with Gasteiger partial charge in [-0.25, -0.2) is 15.0 Å². The molecule has 0 unspecified atom stereocenters. The average molecular weight is 298 g/mol. The topological polar surface area (TPSA) is 56.5 Å². The van der Waals surface area contributed by atoms with Gasteiger partial charge >= 0.3 is 0 Å². The molecule has 8 heteroatoms. The summed E-state index contributed by atoms with van der Waals surface area (Å²) < 4.78 is 2.69. The number of nitrogens with zero attached hydrogens (tertiary/aromatic N) is 5. The van der Waals surface area contributed by atoms with Gasteiger partial charge in [-0.05, 0) is 0 Å². The van der Waals surface area contributed by atoms with Crippen molar-refractivity contribution >= 4 is 45.7 Å². The van der Waals surface area contributed by atoms with E-state index >= 15 is 0 Å². The second-order valence-electron chi connectivity index (χ2n) is 3.52. The van der Waals surface area contributed by atoms with Crippen molar-refractivity contribution in [2.45, 2.75) is 10.1 Å². The van der Waals surface area contributed by atoms with Crippen LogP contribution in [-0.2, 0) is 12.8 Å². The summed E-state index contributed by atoms with van der Waals surface area (Å²) in [6, 6.07) is 0. The predicted molar refractivity (Wildman–Crippen MR) is 73.0 cm³/mol. The number of hydrogen-bond acceptors (Lipinski definition) is 6. The molecule has 0 atom stereocenters. The van der Waals surface area contributed by atoms with E-state index in [1.54, 1.807) is 40.2 Å². The summed E-state index contributed by atoms with van der Waals surface area (Å²) in [6.07, 6.45) is 3.46. The molecule has 0 amide bonds. The van der Waals surface area contributed by atoms with E-state index in [4.69, 9.17) is 11.6 Å². The molecule has 0 radical (unpaired) electrons. The second-order valence-corrected chi connectivity index (χ2v) is 6.00. The Morgan fingerprint density at radius 3 is 3.11 bits per heavy atom. The maximum atomic E-state index is 6.11. The van der Waals surface area contributed by atoms with Gasteiger partial charge in [-0.3, -0.25) is 4.68 Å². The van der Waals surface area contributed by atoms with Gasteiger partial charge in [0.2, 0.25) is 0 Å². The van der Waals surface area contributed by atoms with Gasteiger partial charge in [-0.1, -0.05) is 23.4 Å². The molecule has 0 bridgehead atoms. The number of aryl methyl sites for hydroxylation is 1. The van der Waals surface area contributed by atoms with Crippen LogP contribution in [0.25, 0.3) is 11.0 Å². The third kappa shape index (κ3) is 2.21. The first-order valence-corrected chi connectivity index (χ1v) is 7.35. The van der Waals surface area contributed by atoms with Crippen LogP contribution in [0.15, 0.2) is 22.1 Å². The van der Waals surface area contributed by atoms with E-state index in [1.165, 1.54) is 0 Å². The van der Waals surface area contributed by atoms with Crippen molar-refractivity contribution in [3.63, 3.8) is 0 Å². The summed E-state index contributed by atoms with van der Waals surface area (Å²) in [4.78, 5) is 12.9. The molecule has 3 rings (SSSR count). The summed E-state index contributed by atoms with van der Waals surface area (Å²) in [7, 11) is 1.84. The number of thiazole rings is 1. The molecule has 5 nitrogen and oxygen atoms in total. The highest BCUT2D eigenvalue weighted by molar-refractivity contribution is 8.00. The quantitative estimate of drug-likeness (QED) is 0.549. The molecule has 0 spiro atoms. The van der Waals surface area contributed by atoms with Crippen LogP contribution in [0.2, 0.25) is 5.15 Å². The number of halogens is 1. The number of fused-ring (bicyclic) bond motifs is 1. The second kappa shape index (κ2) is 4.83. The van der Waals surface area contributed by atoms with Gasteiger partial charge < -0.3 is 0 Å². The maximum absolute atomic E-state index is 6.11. The summed E-state index contributed by atoms with van der Waals surface area (Å²) >= 11 is 9.31. The minimum Gasteiger partial charge on any atom is -0.250 e. The third-order valence-electron chi connectivity index (χ3n) is 2.33. The Hall–Kier alpha value is -1.18. The smallest absolute Gasteiger partial charge is 0.162 e. The molecule has 3 aromatic heterocycles. The number of thioether (sulfide) groups is 1. The van der Waals surface area contributed by atoms with Crippen LogP contribution in [-0.4, -0.2) is 24.7 Å². The van der Waals surface area contributed by atoms with Crippen molar-refractivity contribution in [2.24, 2.45) is 7.05 Å². The normalized spacial score (nSPS) is 11.2. The van der Waals surface area contributed by atoms with Gasteiger partial charge in [0.05, 0.1) is 17.3 Å². The minimum absolute atomic E-state index is 0.447. The summed E-state index contributed by atoms with van der Waals surface area (Å²) in [5.74, 6) is 1.34. The molecule has 3 heterocycles. The van der Waals surface area contributed by atoms with Gasteiger partial charge in [0, 0.05) is 18.6 Å². The highest BCUT2D eigenvalue weighted by Gasteiger charge is 2.10. The molecule has 92 valence electrons. The molecule has 0 saturated carbocycles. The van der Waals surface area contributed by atoms with Crippen LogP contribution in [0.4, 0.5) is 0 Å². The van der Waals surface area contributed by atoms with Crippen molar-refractivity contribution < 1.29 is 0 Å². The lowest BCUT2D eigenvalue weighted by atomic mass is 10.4. The third-order valence-corrected chi connectivity index (χ3v) is 4.58. The fourth-order valence-electron chi connectivity index (χ4n) is 1.50. The van der Waals surface area contributed by atoms with Gasteiger partial charge in [-0.15, -0.1) is 11.3 Å². The van der Waals surface area contributed by atoms with Gasteiger partial charge in [-0.2, -0.15) is 5.10 Å². The molecule has 0 fully saturated rings. The summed E-state index contributed by atoms with van der Waals surface area (Å²) in [6.45, 7) is 0. The molecular formula is C10H8ClN5S2. The zero-order valence-electron chi connectivity index (χ0n) is 9.37. The number of rotatable bonds is 3. The zero-order valence-corrected chi connectivity index (χ0v) is 11.8. The monoisotopic (exact) mass is 297 g/mol. The van der Waals surface area contributed by atoms with Crippen molar-refractivity contribution in [1.29, 1.82) is 0 Å². The molecule has 0 aliphatic heterocycles. The fourth-order valence-corrected chi connectivity index (χ4v) is 3.23. The number of aromatic nitrogens is 5. The molecule has 18 heavy (non-hydrogen) atoms. The van der Waals surface area contributed by atoms with E-state index in [9.17, 15) is 0 Å². The summed E-state index contributed by atoms with van der Waals surface area (Å²) in [5.41, 5.74) is 0.754. The predicted octanol–water partition coefficient (Wildman–Crippen LogP) is 2.77. The van der Waals surface area contributed by atoms with Crippen LogP contribution in [0.3, 0.4) is 0 Å². The van der Waals surface area contributed by atoms with Crippen molar-refractivity contribution in [2.75, 3.05) is 0 Å². The van der Waals surface area contributed by atoms with Gasteiger partial charge in [0.25, 0.3) is 0 Å². The fraction of sp³-hybridized carbons (Fsp3) is 0.200. The van der Waals surface area contributed by atoms with Crippen LogP contribution in [0.1, 0.15) is 5.82 Å². The van der Waals surface area contributed by atoms with E-state index in [2.05, 4.69) is 20.1 Å². The first-order valence-electron chi connectivity index (χ1n) is 5.10. The molecule has 0 aromatic carbocycles. The van der Waals surface area contributed by atoms with E-state index < -0.39 is 0 Å². The lowest BCUT2D eigenvalue weighted by Gasteiger charge is -2.01. The van der Waals surface area contributed by atoms with Crippen LogP contribution >= 0.6 is 34.7 Å². The average Bonchev–Trinajstić information content (AvgIpc) is 2.98. The van der Waals surface area contributed by atoms with E-state index in [1.807, 2.05) is 12.4 Å². The molecule has 0 aliphatic rings. The molecular weight excluding hydrogens is 290 g/mol. The highest BCUT2D eigenvalue weighted by Crippen LogP contribution is 2.25. The van der Waals surface area contributed by atoms with Crippen LogP contribution in [0, 0.1) is 0 Å². The Morgan fingerprint density at radius 1 is 1.44 bits per heavy atom. The maximum Gasteiger partial charge on any atom is 0.162 e. The summed E-state index contributed by atoms with van der Waals surface area (Å²) in [5, 5.41) is 7.29. The number of hydrogen-bond donors (Lipinski definition) is 0. The lowest BCUT2D eigenvalue weighted by molar-refractivity contribution is 0.782. The molecule has 0 aliphatic carbocycles. The Labute approximate surface area is 116 Å². The van der Waals surface area contributed by atoms with Crippen molar-refractivity contribution in [3.05, 3.63) is 28.8 Å². The van der Waals surface area contributed by atoms with Gasteiger partial charge in [0.15, 0.2) is 5.65 Å². The minimum atomic E-state index is 0.447. The molecule has 0 N–H and O–H groups in total. The molecule has 0 saturated heterocycles. The SMILES string of the molecule is Cn1ncc2c(Cl)nc(CSc3nccs3)nc21. The highest BCUT2D eigenvalue weighted by atomic mass is 35.5. The van der Waals surface area contributed by atoms with Gasteiger partial charge in [0.1, 0.15) is 15.3 Å². The lowest BCUT2D eigenvalue weighted by Crippen LogP contribution is -1.98. The zero-order chi connectivity index (χ0) is 12.5. The van der Waals surface area contributed by atoms with Crippen molar-refractivity contribution in [1.82, 2.24) is 24.7 Å². The Morgan fingerprint density at radius 2 is 2.33 bits per heavy atom.